The van der Waals surface area contributed by atoms with E-state index < -0.39 is 27.0 Å². The van der Waals surface area contributed by atoms with Crippen LogP contribution in [0.3, 0.4) is 0 Å². The number of carbonyl (C=O) groups excluding carboxylic acids is 1. The van der Waals surface area contributed by atoms with Crippen LogP contribution in [0.2, 0.25) is 0 Å². The van der Waals surface area contributed by atoms with Crippen molar-refractivity contribution in [1.29, 1.82) is 10.7 Å². The van der Waals surface area contributed by atoms with Gasteiger partial charge in [-0.3, -0.25) is 10.1 Å². The van der Waals surface area contributed by atoms with Crippen molar-refractivity contribution >= 4 is 28.2 Å². The second kappa shape index (κ2) is 8.31. The molecule has 3 N–H and O–H groups in total. The van der Waals surface area contributed by atoms with Crippen LogP contribution in [0.5, 0.6) is 0 Å². The highest BCUT2D eigenvalue weighted by Gasteiger charge is 2.34. The standard InChI is InChI=1S/C16H17N7O4S/c1-3-27-15(24)13-10-22(2)21-14(13)28(25,26)23(16(18)19)20-9-12-6-4-11(8-17)5-7-12/h4-7,9-10H,3H2,1-2H3,(H3,18,19)/b20-9+. The highest BCUT2D eigenvalue weighted by atomic mass is 32.2. The number of hydrogen-bond acceptors (Lipinski definition) is 8. The number of nitriles is 1. The van der Waals surface area contributed by atoms with Gasteiger partial charge in [0.15, 0.2) is 0 Å². The zero-order valence-corrected chi connectivity index (χ0v) is 15.8. The van der Waals surface area contributed by atoms with Crippen LogP contribution in [0.15, 0.2) is 40.6 Å². The normalized spacial score (nSPS) is 11.2. The van der Waals surface area contributed by atoms with E-state index >= 15 is 0 Å². The molecular weight excluding hydrogens is 386 g/mol. The first kappa shape index (κ1) is 20.6. The second-order valence-corrected chi connectivity index (χ2v) is 7.04. The van der Waals surface area contributed by atoms with Crippen molar-refractivity contribution in [3.8, 4) is 6.07 Å². The third-order valence-corrected chi connectivity index (χ3v) is 4.86. The highest BCUT2D eigenvalue weighted by molar-refractivity contribution is 7.89. The molecule has 12 heteroatoms. The zero-order valence-electron chi connectivity index (χ0n) is 15.0. The lowest BCUT2D eigenvalue weighted by Crippen LogP contribution is -2.38. The molecule has 1 aromatic carbocycles. The van der Waals surface area contributed by atoms with Crippen molar-refractivity contribution < 1.29 is 17.9 Å². The molecule has 28 heavy (non-hydrogen) atoms. The van der Waals surface area contributed by atoms with Gasteiger partial charge >= 0.3 is 16.0 Å². The number of benzene rings is 1. The Morgan fingerprint density at radius 2 is 2.11 bits per heavy atom. The van der Waals surface area contributed by atoms with Gasteiger partial charge in [0.2, 0.25) is 11.0 Å². The lowest BCUT2D eigenvalue weighted by atomic mass is 10.2. The Labute approximate surface area is 161 Å². The maximum Gasteiger partial charge on any atom is 0.342 e. The number of carbonyl (C=O) groups is 1. The fraction of sp³-hybridized carbons (Fsp3) is 0.188. The van der Waals surface area contributed by atoms with Crippen LogP contribution in [-0.4, -0.2) is 47.4 Å². The summed E-state index contributed by atoms with van der Waals surface area (Å²) in [7, 11) is -3.13. The number of sulfonamides is 1. The number of nitrogens with zero attached hydrogens (tertiary/aromatic N) is 5. The molecule has 0 aliphatic heterocycles. The van der Waals surface area contributed by atoms with Crippen LogP contribution in [0.25, 0.3) is 0 Å². The lowest BCUT2D eigenvalue weighted by molar-refractivity contribution is 0.0521. The van der Waals surface area contributed by atoms with Crippen molar-refractivity contribution in [1.82, 2.24) is 14.2 Å². The minimum atomic E-state index is -4.56. The molecule has 0 bridgehead atoms. The van der Waals surface area contributed by atoms with Gasteiger partial charge in [-0.15, -0.1) is 4.41 Å². The smallest absolute Gasteiger partial charge is 0.342 e. The molecule has 0 saturated heterocycles. The topological polar surface area (TPSA) is 168 Å². The number of hydrazone groups is 1. The number of rotatable bonds is 6. The molecule has 2 aromatic rings. The molecule has 0 aliphatic carbocycles. The van der Waals surface area contributed by atoms with Crippen molar-refractivity contribution in [3.63, 3.8) is 0 Å². The fourth-order valence-electron chi connectivity index (χ4n) is 2.11. The van der Waals surface area contributed by atoms with Gasteiger partial charge in [0.05, 0.1) is 24.5 Å². The molecule has 1 aromatic heterocycles. The molecule has 2 rings (SSSR count). The van der Waals surface area contributed by atoms with Gasteiger partial charge < -0.3 is 10.5 Å². The molecule has 0 radical (unpaired) electrons. The van der Waals surface area contributed by atoms with Crippen LogP contribution >= 0.6 is 0 Å². The van der Waals surface area contributed by atoms with Crippen molar-refractivity contribution in [2.24, 2.45) is 17.9 Å². The summed E-state index contributed by atoms with van der Waals surface area (Å²) in [4.78, 5) is 12.0. The largest absolute Gasteiger partial charge is 0.462 e. The first-order chi connectivity index (χ1) is 13.2. The predicted octanol–water partition coefficient (Wildman–Crippen LogP) is 0.387. The van der Waals surface area contributed by atoms with Crippen LogP contribution in [0.4, 0.5) is 0 Å². The molecule has 0 atom stereocenters. The number of aryl methyl sites for hydroxylation is 1. The number of nitrogens with one attached hydrogen (secondary N) is 1. The molecule has 1 heterocycles. The van der Waals surface area contributed by atoms with Gasteiger partial charge in [-0.05, 0) is 24.6 Å². The molecule has 0 aliphatic rings. The molecular formula is C16H17N7O4S. The highest BCUT2D eigenvalue weighted by Crippen LogP contribution is 2.20. The Balaban J connectivity index is 2.45. The Morgan fingerprint density at radius 3 is 2.64 bits per heavy atom. The molecule has 0 saturated carbocycles. The zero-order chi connectivity index (χ0) is 20.9. The van der Waals surface area contributed by atoms with Crippen LogP contribution in [0.1, 0.15) is 28.4 Å². The van der Waals surface area contributed by atoms with E-state index in [1.165, 1.54) is 37.5 Å². The number of esters is 1. The monoisotopic (exact) mass is 403 g/mol. The summed E-state index contributed by atoms with van der Waals surface area (Å²) in [5, 5.41) is 23.3. The van der Waals surface area contributed by atoms with Gasteiger partial charge in [-0.25, -0.2) is 4.79 Å². The van der Waals surface area contributed by atoms with E-state index in [4.69, 9.17) is 21.1 Å². The fourth-order valence-corrected chi connectivity index (χ4v) is 3.35. The van der Waals surface area contributed by atoms with Gasteiger partial charge in [-0.2, -0.15) is 23.9 Å². The maximum atomic E-state index is 12.9. The van der Waals surface area contributed by atoms with Crippen LogP contribution < -0.4 is 5.73 Å². The van der Waals surface area contributed by atoms with E-state index in [2.05, 4.69) is 10.2 Å². The molecule has 0 unspecified atom stereocenters. The van der Waals surface area contributed by atoms with Crippen LogP contribution in [0, 0.1) is 16.7 Å². The van der Waals surface area contributed by atoms with E-state index in [0.29, 0.717) is 11.1 Å². The number of guanidine groups is 1. The van der Waals surface area contributed by atoms with Gasteiger partial charge in [0, 0.05) is 13.2 Å². The first-order valence-corrected chi connectivity index (χ1v) is 9.29. The van der Waals surface area contributed by atoms with Crippen molar-refractivity contribution in [2.75, 3.05) is 6.61 Å². The Bertz CT molecular complexity index is 1070. The maximum absolute atomic E-state index is 12.9. The van der Waals surface area contributed by atoms with Gasteiger partial charge in [-0.1, -0.05) is 12.1 Å². The predicted molar refractivity (Wildman–Crippen MR) is 98.9 cm³/mol. The van der Waals surface area contributed by atoms with Crippen molar-refractivity contribution in [2.45, 2.75) is 11.9 Å². The summed E-state index contributed by atoms with van der Waals surface area (Å²) in [5.74, 6) is -1.78. The average molecular weight is 403 g/mol. The third-order valence-electron chi connectivity index (χ3n) is 3.32. The quantitative estimate of drug-likeness (QED) is 0.304. The summed E-state index contributed by atoms with van der Waals surface area (Å²) in [6.07, 6.45) is 2.33. The van der Waals surface area contributed by atoms with E-state index in [1.807, 2.05) is 6.07 Å². The Hall–Kier alpha value is -3.72. The lowest BCUT2D eigenvalue weighted by Gasteiger charge is -2.15. The average Bonchev–Trinajstić information content (AvgIpc) is 3.05. The molecule has 146 valence electrons. The summed E-state index contributed by atoms with van der Waals surface area (Å²) in [6.45, 7) is 1.62. The van der Waals surface area contributed by atoms with Crippen LogP contribution in [-0.2, 0) is 21.8 Å². The van der Waals surface area contributed by atoms with E-state index in [9.17, 15) is 13.2 Å². The molecule has 0 fully saturated rings. The SMILES string of the molecule is CCOC(=O)c1cn(C)nc1S(=O)(=O)N(/N=C/c1ccc(C#N)cc1)C(=N)N. The van der Waals surface area contributed by atoms with Gasteiger partial charge in [0.1, 0.15) is 5.56 Å². The van der Waals surface area contributed by atoms with Gasteiger partial charge in [0.25, 0.3) is 0 Å². The van der Waals surface area contributed by atoms with Crippen molar-refractivity contribution in [3.05, 3.63) is 47.2 Å². The summed E-state index contributed by atoms with van der Waals surface area (Å²) in [5.41, 5.74) is 5.96. The number of nitrogens with two attached hydrogens (primary N) is 1. The Morgan fingerprint density at radius 1 is 1.46 bits per heavy atom. The molecule has 0 amide bonds. The Kier molecular flexibility index (Phi) is 6.11. The summed E-state index contributed by atoms with van der Waals surface area (Å²) < 4.78 is 32.0. The van der Waals surface area contributed by atoms with E-state index in [-0.39, 0.29) is 16.6 Å². The second-order valence-electron chi connectivity index (χ2n) is 5.35. The minimum Gasteiger partial charge on any atom is -0.462 e. The molecule has 11 nitrogen and oxygen atoms in total. The molecule has 0 spiro atoms. The summed E-state index contributed by atoms with van der Waals surface area (Å²) in [6, 6.07) is 8.07. The first-order valence-electron chi connectivity index (χ1n) is 7.85. The van der Waals surface area contributed by atoms with E-state index in [0.717, 1.165) is 10.9 Å². The number of ether oxygens (including phenoxy) is 1. The minimum absolute atomic E-state index is 0.0421. The third kappa shape index (κ3) is 4.33. The van der Waals surface area contributed by atoms with E-state index in [1.54, 1.807) is 6.92 Å². The number of hydrogen-bond donors (Lipinski definition) is 2. The summed E-state index contributed by atoms with van der Waals surface area (Å²) >= 11 is 0. The number of aromatic nitrogens is 2.